The zero-order valence-corrected chi connectivity index (χ0v) is 13.5. The van der Waals surface area contributed by atoms with E-state index in [9.17, 15) is 13.2 Å². The molecule has 0 aliphatic rings. The Kier molecular flexibility index (Phi) is 7.22. The molecule has 0 aromatic heterocycles. The highest BCUT2D eigenvalue weighted by atomic mass is 32.2. The fraction of sp³-hybridized carbons (Fsp3) is 0.533. The van der Waals surface area contributed by atoms with Crippen LogP contribution in [0.5, 0.6) is 0 Å². The minimum absolute atomic E-state index is 0.115. The summed E-state index contributed by atoms with van der Waals surface area (Å²) in [5, 5.41) is 2.82. The summed E-state index contributed by atoms with van der Waals surface area (Å²) in [5.74, 6) is -0.115. The van der Waals surface area contributed by atoms with Gasteiger partial charge in [0, 0.05) is 19.5 Å². The standard InChI is InChI=1S/C15H24N2O3S/c1-3-4-8-12-16-15(18)11-13-17(21(2,19)20)14-9-6-5-7-10-14/h5-7,9-10H,3-4,8,11-13H2,1-2H3,(H,16,18). The predicted molar refractivity (Wildman–Crippen MR) is 85.8 cm³/mol. The van der Waals surface area contributed by atoms with E-state index in [0.717, 1.165) is 25.5 Å². The van der Waals surface area contributed by atoms with Gasteiger partial charge in [-0.15, -0.1) is 0 Å². The number of unbranched alkanes of at least 4 members (excludes halogenated alkanes) is 2. The van der Waals surface area contributed by atoms with Gasteiger partial charge in [-0.3, -0.25) is 9.10 Å². The van der Waals surface area contributed by atoms with Crippen LogP contribution in [0, 0.1) is 0 Å². The second-order valence-electron chi connectivity index (χ2n) is 4.98. The first-order valence-corrected chi connectivity index (χ1v) is 9.09. The minimum atomic E-state index is -3.39. The van der Waals surface area contributed by atoms with Gasteiger partial charge in [0.1, 0.15) is 0 Å². The molecule has 118 valence electrons. The monoisotopic (exact) mass is 312 g/mol. The molecule has 5 nitrogen and oxygen atoms in total. The molecule has 21 heavy (non-hydrogen) atoms. The van der Waals surface area contributed by atoms with Crippen LogP contribution in [0.15, 0.2) is 30.3 Å². The molecule has 0 saturated heterocycles. The highest BCUT2D eigenvalue weighted by Crippen LogP contribution is 2.16. The molecule has 1 aromatic carbocycles. The van der Waals surface area contributed by atoms with Crippen molar-refractivity contribution in [3.8, 4) is 0 Å². The third-order valence-corrected chi connectivity index (χ3v) is 4.28. The third-order valence-electron chi connectivity index (χ3n) is 3.09. The number of benzene rings is 1. The van der Waals surface area contributed by atoms with Gasteiger partial charge >= 0.3 is 0 Å². The van der Waals surface area contributed by atoms with Crippen LogP contribution in [-0.2, 0) is 14.8 Å². The highest BCUT2D eigenvalue weighted by molar-refractivity contribution is 7.92. The number of nitrogens with zero attached hydrogens (tertiary/aromatic N) is 1. The number of anilines is 1. The van der Waals surface area contributed by atoms with E-state index in [1.54, 1.807) is 24.3 Å². The Bertz CT molecular complexity index is 529. The summed E-state index contributed by atoms with van der Waals surface area (Å²) >= 11 is 0. The first-order chi connectivity index (χ1) is 9.95. The molecule has 1 amide bonds. The van der Waals surface area contributed by atoms with E-state index in [0.29, 0.717) is 12.2 Å². The van der Waals surface area contributed by atoms with E-state index in [1.165, 1.54) is 4.31 Å². The maximum absolute atomic E-state index is 11.8. The lowest BCUT2D eigenvalue weighted by Crippen LogP contribution is -2.34. The second kappa shape index (κ2) is 8.67. The van der Waals surface area contributed by atoms with Gasteiger partial charge in [-0.1, -0.05) is 38.0 Å². The number of rotatable bonds is 9. The predicted octanol–water partition coefficient (Wildman–Crippen LogP) is 2.15. The summed E-state index contributed by atoms with van der Waals surface area (Å²) in [5.41, 5.74) is 0.582. The molecule has 6 heteroatoms. The van der Waals surface area contributed by atoms with Crippen molar-refractivity contribution in [3.63, 3.8) is 0 Å². The highest BCUT2D eigenvalue weighted by Gasteiger charge is 2.18. The zero-order valence-electron chi connectivity index (χ0n) is 12.7. The lowest BCUT2D eigenvalue weighted by Gasteiger charge is -2.22. The van der Waals surface area contributed by atoms with Crippen molar-refractivity contribution in [2.75, 3.05) is 23.7 Å². The van der Waals surface area contributed by atoms with E-state index in [2.05, 4.69) is 12.2 Å². The van der Waals surface area contributed by atoms with Crippen molar-refractivity contribution in [3.05, 3.63) is 30.3 Å². The van der Waals surface area contributed by atoms with Crippen LogP contribution in [0.25, 0.3) is 0 Å². The van der Waals surface area contributed by atoms with Crippen LogP contribution in [0.4, 0.5) is 5.69 Å². The summed E-state index contributed by atoms with van der Waals surface area (Å²) in [6.45, 7) is 2.91. The number of nitrogens with one attached hydrogen (secondary N) is 1. The topological polar surface area (TPSA) is 66.5 Å². The third kappa shape index (κ3) is 6.62. The average molecular weight is 312 g/mol. The van der Waals surface area contributed by atoms with Gasteiger partial charge in [-0.25, -0.2) is 8.42 Å². The lowest BCUT2D eigenvalue weighted by atomic mass is 10.2. The van der Waals surface area contributed by atoms with E-state index in [4.69, 9.17) is 0 Å². The fourth-order valence-corrected chi connectivity index (χ4v) is 2.90. The van der Waals surface area contributed by atoms with Crippen molar-refractivity contribution in [2.45, 2.75) is 32.6 Å². The molecule has 1 rings (SSSR count). The van der Waals surface area contributed by atoms with E-state index in [1.807, 2.05) is 6.07 Å². The molecule has 0 atom stereocenters. The molecule has 0 radical (unpaired) electrons. The van der Waals surface area contributed by atoms with E-state index < -0.39 is 10.0 Å². The van der Waals surface area contributed by atoms with Crippen molar-refractivity contribution < 1.29 is 13.2 Å². The molecule has 0 saturated carbocycles. The van der Waals surface area contributed by atoms with Crippen molar-refractivity contribution in [1.82, 2.24) is 5.32 Å². The minimum Gasteiger partial charge on any atom is -0.356 e. The Labute approximate surface area is 127 Å². The van der Waals surface area contributed by atoms with Crippen LogP contribution >= 0.6 is 0 Å². The van der Waals surface area contributed by atoms with Crippen LogP contribution in [0.2, 0.25) is 0 Å². The zero-order chi connectivity index (χ0) is 15.7. The van der Waals surface area contributed by atoms with Crippen LogP contribution in [0.1, 0.15) is 32.6 Å². The van der Waals surface area contributed by atoms with Gasteiger partial charge < -0.3 is 5.32 Å². The number of carbonyl (C=O) groups excluding carboxylic acids is 1. The molecule has 0 aliphatic heterocycles. The fourth-order valence-electron chi connectivity index (χ4n) is 1.97. The lowest BCUT2D eigenvalue weighted by molar-refractivity contribution is -0.120. The average Bonchev–Trinajstić information content (AvgIpc) is 2.43. The molecule has 0 spiro atoms. The quantitative estimate of drug-likeness (QED) is 0.711. The maximum Gasteiger partial charge on any atom is 0.232 e. The van der Waals surface area contributed by atoms with Crippen molar-refractivity contribution in [2.24, 2.45) is 0 Å². The first-order valence-electron chi connectivity index (χ1n) is 7.24. The van der Waals surface area contributed by atoms with Gasteiger partial charge in [-0.05, 0) is 18.6 Å². The smallest absolute Gasteiger partial charge is 0.232 e. The summed E-state index contributed by atoms with van der Waals surface area (Å²) in [6, 6.07) is 8.82. The molecule has 0 bridgehead atoms. The Morgan fingerprint density at radius 3 is 2.43 bits per heavy atom. The van der Waals surface area contributed by atoms with Crippen molar-refractivity contribution >= 4 is 21.6 Å². The summed E-state index contributed by atoms with van der Waals surface area (Å²) in [7, 11) is -3.39. The molecule has 0 unspecified atom stereocenters. The van der Waals surface area contributed by atoms with Crippen molar-refractivity contribution in [1.29, 1.82) is 0 Å². The molecule has 0 fully saturated rings. The normalized spacial score (nSPS) is 11.1. The summed E-state index contributed by atoms with van der Waals surface area (Å²) < 4.78 is 24.9. The molecule has 0 heterocycles. The van der Waals surface area contributed by atoms with Gasteiger partial charge in [0.05, 0.1) is 11.9 Å². The number of amides is 1. The number of para-hydroxylation sites is 1. The molecular weight excluding hydrogens is 288 g/mol. The Morgan fingerprint density at radius 2 is 1.86 bits per heavy atom. The Morgan fingerprint density at radius 1 is 1.19 bits per heavy atom. The number of hydrogen-bond donors (Lipinski definition) is 1. The molecular formula is C15H24N2O3S. The van der Waals surface area contributed by atoms with Crippen LogP contribution in [0.3, 0.4) is 0 Å². The SMILES string of the molecule is CCCCCNC(=O)CCN(c1ccccc1)S(C)(=O)=O. The van der Waals surface area contributed by atoms with Crippen LogP contribution < -0.4 is 9.62 Å². The van der Waals surface area contributed by atoms with Gasteiger partial charge in [0.2, 0.25) is 15.9 Å². The van der Waals surface area contributed by atoms with Gasteiger partial charge in [0.25, 0.3) is 0 Å². The Balaban J connectivity index is 2.54. The summed E-state index contributed by atoms with van der Waals surface area (Å²) in [6.07, 6.45) is 4.45. The van der Waals surface area contributed by atoms with Gasteiger partial charge in [0.15, 0.2) is 0 Å². The molecule has 1 N–H and O–H groups in total. The number of hydrogen-bond acceptors (Lipinski definition) is 3. The maximum atomic E-state index is 11.8. The number of sulfonamides is 1. The molecule has 1 aromatic rings. The first kappa shape index (κ1) is 17.5. The second-order valence-corrected chi connectivity index (χ2v) is 6.88. The largest absolute Gasteiger partial charge is 0.356 e. The van der Waals surface area contributed by atoms with E-state index in [-0.39, 0.29) is 18.9 Å². The Hall–Kier alpha value is -1.56. The summed E-state index contributed by atoms with van der Waals surface area (Å²) in [4.78, 5) is 11.7. The van der Waals surface area contributed by atoms with E-state index >= 15 is 0 Å². The van der Waals surface area contributed by atoms with Gasteiger partial charge in [-0.2, -0.15) is 0 Å². The molecule has 0 aliphatic carbocycles. The van der Waals surface area contributed by atoms with Crippen LogP contribution in [-0.4, -0.2) is 33.7 Å². The number of carbonyl (C=O) groups is 1.